The van der Waals surface area contributed by atoms with Gasteiger partial charge in [0.2, 0.25) is 0 Å². The number of nitrogens with one attached hydrogen (secondary N) is 1. The summed E-state index contributed by atoms with van der Waals surface area (Å²) in [5, 5.41) is 3.34. The van der Waals surface area contributed by atoms with E-state index in [9.17, 15) is 0 Å². The summed E-state index contributed by atoms with van der Waals surface area (Å²) < 4.78 is 0. The molecule has 1 aliphatic carbocycles. The summed E-state index contributed by atoms with van der Waals surface area (Å²) in [4.78, 5) is 2.80. The molecule has 1 aliphatic heterocycles. The molecule has 88 valence electrons. The largest absolute Gasteiger partial charge is 0.319 e. The molecule has 0 spiro atoms. The molecule has 0 aromatic heterocycles. The minimum absolute atomic E-state index is 0.831. The topological polar surface area (TPSA) is 15.3 Å². The molecule has 3 atom stereocenters. The Bertz CT molecular complexity index is 193. The Labute approximate surface area is 94.4 Å². The van der Waals surface area contributed by atoms with Crippen molar-refractivity contribution in [2.45, 2.75) is 57.5 Å². The van der Waals surface area contributed by atoms with E-state index in [1.54, 1.807) is 0 Å². The van der Waals surface area contributed by atoms with Gasteiger partial charge in [0.05, 0.1) is 0 Å². The van der Waals surface area contributed by atoms with Crippen molar-refractivity contribution >= 4 is 0 Å². The first kappa shape index (κ1) is 11.4. The molecule has 2 nitrogen and oxygen atoms in total. The van der Waals surface area contributed by atoms with E-state index < -0.39 is 0 Å². The molecule has 2 fully saturated rings. The van der Waals surface area contributed by atoms with Crippen LogP contribution in [0.4, 0.5) is 0 Å². The Morgan fingerprint density at radius 2 is 2.00 bits per heavy atom. The van der Waals surface area contributed by atoms with Crippen molar-refractivity contribution in [2.75, 3.05) is 20.1 Å². The minimum atomic E-state index is 0.831. The highest BCUT2D eigenvalue weighted by molar-refractivity contribution is 4.92. The van der Waals surface area contributed by atoms with Crippen LogP contribution in [0, 0.1) is 5.92 Å². The molecule has 2 heteroatoms. The highest BCUT2D eigenvalue weighted by Gasteiger charge is 2.36. The molecule has 1 heterocycles. The van der Waals surface area contributed by atoms with Gasteiger partial charge in [0, 0.05) is 12.1 Å². The van der Waals surface area contributed by atoms with E-state index >= 15 is 0 Å². The third-order valence-electron chi connectivity index (χ3n) is 4.37. The molecule has 2 aliphatic rings. The number of hydrogen-bond acceptors (Lipinski definition) is 2. The summed E-state index contributed by atoms with van der Waals surface area (Å²) in [6.45, 7) is 5.00. The Morgan fingerprint density at radius 3 is 2.67 bits per heavy atom. The number of hydrogen-bond donors (Lipinski definition) is 1. The van der Waals surface area contributed by atoms with Gasteiger partial charge >= 0.3 is 0 Å². The van der Waals surface area contributed by atoms with E-state index in [4.69, 9.17) is 0 Å². The third-order valence-corrected chi connectivity index (χ3v) is 4.37. The molecular weight excluding hydrogens is 184 g/mol. The van der Waals surface area contributed by atoms with Crippen molar-refractivity contribution in [1.82, 2.24) is 10.2 Å². The first-order valence-electron chi connectivity index (χ1n) is 6.73. The van der Waals surface area contributed by atoms with Gasteiger partial charge in [0.1, 0.15) is 0 Å². The van der Waals surface area contributed by atoms with Gasteiger partial charge in [-0.2, -0.15) is 0 Å². The number of likely N-dealkylation sites (tertiary alicyclic amines) is 1. The Balaban J connectivity index is 1.89. The molecule has 0 radical (unpaired) electrons. The maximum Gasteiger partial charge on any atom is 0.0139 e. The second-order valence-corrected chi connectivity index (χ2v) is 5.40. The molecule has 1 saturated heterocycles. The lowest BCUT2D eigenvalue weighted by Crippen LogP contribution is -2.53. The molecular formula is C13H26N2. The van der Waals surface area contributed by atoms with Crippen molar-refractivity contribution in [1.29, 1.82) is 0 Å². The Kier molecular flexibility index (Phi) is 4.04. The second kappa shape index (κ2) is 5.31. The fourth-order valence-corrected chi connectivity index (χ4v) is 3.28. The second-order valence-electron chi connectivity index (χ2n) is 5.40. The van der Waals surface area contributed by atoms with E-state index in [0.29, 0.717) is 0 Å². The van der Waals surface area contributed by atoms with Crippen LogP contribution in [0.3, 0.4) is 0 Å². The van der Waals surface area contributed by atoms with Gasteiger partial charge in [-0.1, -0.05) is 12.8 Å². The summed E-state index contributed by atoms with van der Waals surface area (Å²) in [6, 6.07) is 1.72. The van der Waals surface area contributed by atoms with Gasteiger partial charge in [-0.3, -0.25) is 4.90 Å². The smallest absolute Gasteiger partial charge is 0.0139 e. The fourth-order valence-electron chi connectivity index (χ4n) is 3.28. The highest BCUT2D eigenvalue weighted by atomic mass is 15.2. The lowest BCUT2D eigenvalue weighted by atomic mass is 9.77. The van der Waals surface area contributed by atoms with Gasteiger partial charge in [0.25, 0.3) is 0 Å². The number of nitrogens with zero attached hydrogens (tertiary/aromatic N) is 1. The van der Waals surface area contributed by atoms with Crippen LogP contribution in [-0.4, -0.2) is 37.1 Å². The van der Waals surface area contributed by atoms with Gasteiger partial charge in [-0.25, -0.2) is 0 Å². The van der Waals surface area contributed by atoms with Crippen molar-refractivity contribution in [3.8, 4) is 0 Å². The molecule has 1 saturated carbocycles. The maximum atomic E-state index is 3.34. The molecule has 15 heavy (non-hydrogen) atoms. The van der Waals surface area contributed by atoms with Crippen LogP contribution in [0.25, 0.3) is 0 Å². The van der Waals surface area contributed by atoms with E-state index in [1.165, 1.54) is 51.6 Å². The molecule has 0 aromatic carbocycles. The fraction of sp³-hybridized carbons (Fsp3) is 1.00. The van der Waals surface area contributed by atoms with Crippen LogP contribution in [0.5, 0.6) is 0 Å². The molecule has 2 rings (SSSR count). The van der Waals surface area contributed by atoms with Crippen LogP contribution in [-0.2, 0) is 0 Å². The Morgan fingerprint density at radius 1 is 1.13 bits per heavy atom. The van der Waals surface area contributed by atoms with E-state index in [0.717, 1.165) is 18.0 Å². The zero-order chi connectivity index (χ0) is 10.7. The van der Waals surface area contributed by atoms with Gasteiger partial charge in [0.15, 0.2) is 0 Å². The zero-order valence-corrected chi connectivity index (χ0v) is 10.3. The molecule has 0 aromatic rings. The van der Waals surface area contributed by atoms with E-state index in [2.05, 4.69) is 24.2 Å². The van der Waals surface area contributed by atoms with Crippen LogP contribution >= 0.6 is 0 Å². The van der Waals surface area contributed by atoms with Crippen molar-refractivity contribution in [3.63, 3.8) is 0 Å². The average Bonchev–Trinajstić information content (AvgIpc) is 2.40. The SMILES string of the molecule is CNCC1CCC1N1CCCCCC1C. The zero-order valence-electron chi connectivity index (χ0n) is 10.3. The Hall–Kier alpha value is -0.0800. The summed E-state index contributed by atoms with van der Waals surface area (Å²) in [5.41, 5.74) is 0. The van der Waals surface area contributed by atoms with Crippen LogP contribution in [0.1, 0.15) is 45.4 Å². The quantitative estimate of drug-likeness (QED) is 0.768. The predicted molar refractivity (Wildman–Crippen MR) is 65.1 cm³/mol. The first-order valence-corrected chi connectivity index (χ1v) is 6.73. The lowest BCUT2D eigenvalue weighted by Gasteiger charge is -2.46. The molecule has 3 unspecified atom stereocenters. The predicted octanol–water partition coefficient (Wildman–Crippen LogP) is 2.25. The van der Waals surface area contributed by atoms with Gasteiger partial charge in [-0.05, 0) is 58.7 Å². The van der Waals surface area contributed by atoms with Gasteiger partial charge < -0.3 is 5.32 Å². The molecule has 1 N–H and O–H groups in total. The molecule has 0 bridgehead atoms. The van der Waals surface area contributed by atoms with Crippen molar-refractivity contribution < 1.29 is 0 Å². The van der Waals surface area contributed by atoms with E-state index in [-0.39, 0.29) is 0 Å². The minimum Gasteiger partial charge on any atom is -0.319 e. The average molecular weight is 210 g/mol. The highest BCUT2D eigenvalue weighted by Crippen LogP contribution is 2.34. The van der Waals surface area contributed by atoms with Crippen molar-refractivity contribution in [2.24, 2.45) is 5.92 Å². The van der Waals surface area contributed by atoms with Crippen LogP contribution in [0.15, 0.2) is 0 Å². The van der Waals surface area contributed by atoms with E-state index in [1.807, 2.05) is 0 Å². The number of rotatable bonds is 3. The molecule has 0 amide bonds. The first-order chi connectivity index (χ1) is 7.33. The van der Waals surface area contributed by atoms with Crippen LogP contribution < -0.4 is 5.32 Å². The summed E-state index contributed by atoms with van der Waals surface area (Å²) in [7, 11) is 2.08. The van der Waals surface area contributed by atoms with Crippen molar-refractivity contribution in [3.05, 3.63) is 0 Å². The monoisotopic (exact) mass is 210 g/mol. The maximum absolute atomic E-state index is 3.34. The normalized spacial score (nSPS) is 38.4. The summed E-state index contributed by atoms with van der Waals surface area (Å²) >= 11 is 0. The standard InChI is InChI=1S/C13H26N2/c1-11-6-4-3-5-9-15(11)13-8-7-12(13)10-14-2/h11-14H,3-10H2,1-2H3. The summed E-state index contributed by atoms with van der Waals surface area (Å²) in [6.07, 6.45) is 8.62. The van der Waals surface area contributed by atoms with Gasteiger partial charge in [-0.15, -0.1) is 0 Å². The lowest BCUT2D eigenvalue weighted by molar-refractivity contribution is 0.0356. The summed E-state index contributed by atoms with van der Waals surface area (Å²) in [5.74, 6) is 0.926. The van der Waals surface area contributed by atoms with Crippen LogP contribution in [0.2, 0.25) is 0 Å². The third kappa shape index (κ3) is 2.54.